The minimum atomic E-state index is -0.481. The first-order valence-corrected chi connectivity index (χ1v) is 7.86. The Hall–Kier alpha value is -2.43. The van der Waals surface area contributed by atoms with Gasteiger partial charge in [-0.25, -0.2) is 9.69 Å². The second kappa shape index (κ2) is 5.05. The Labute approximate surface area is 133 Å². The Kier molecular flexibility index (Phi) is 3.11. The maximum atomic E-state index is 12.8. The fourth-order valence-corrected chi connectivity index (χ4v) is 4.22. The van der Waals surface area contributed by atoms with Gasteiger partial charge >= 0.3 is 5.97 Å². The molecule has 2 fully saturated rings. The number of imide groups is 1. The summed E-state index contributed by atoms with van der Waals surface area (Å²) < 4.78 is 4.71. The Morgan fingerprint density at radius 2 is 1.70 bits per heavy atom. The minimum absolute atomic E-state index is 0.138. The third-order valence-corrected chi connectivity index (χ3v) is 5.28. The smallest absolute Gasteiger partial charge is 0.337 e. The predicted molar refractivity (Wildman–Crippen MR) is 82.6 cm³/mol. The molecule has 4 atom stereocenters. The third kappa shape index (κ3) is 1.96. The second-order valence-corrected chi connectivity index (χ2v) is 6.40. The fraction of sp³-hybridized carbons (Fsp3) is 0.389. The van der Waals surface area contributed by atoms with Gasteiger partial charge in [-0.15, -0.1) is 0 Å². The molecule has 1 saturated heterocycles. The first-order valence-electron chi connectivity index (χ1n) is 7.86. The van der Waals surface area contributed by atoms with Crippen LogP contribution in [0.2, 0.25) is 0 Å². The Balaban J connectivity index is 1.72. The van der Waals surface area contributed by atoms with E-state index in [1.807, 2.05) is 0 Å². The number of carbonyl (C=O) groups excluding carboxylic acids is 3. The van der Waals surface area contributed by atoms with Crippen LogP contribution in [0.3, 0.4) is 0 Å². The number of rotatable bonds is 2. The molecule has 1 heterocycles. The van der Waals surface area contributed by atoms with E-state index in [9.17, 15) is 14.4 Å². The van der Waals surface area contributed by atoms with Gasteiger partial charge in [-0.1, -0.05) is 18.2 Å². The van der Waals surface area contributed by atoms with Crippen LogP contribution in [0.25, 0.3) is 0 Å². The van der Waals surface area contributed by atoms with Gasteiger partial charge in [-0.05, 0) is 42.9 Å². The molecule has 0 radical (unpaired) electrons. The van der Waals surface area contributed by atoms with E-state index in [1.165, 1.54) is 12.0 Å². The molecule has 0 unspecified atom stereocenters. The molecule has 0 N–H and O–H groups in total. The van der Waals surface area contributed by atoms with Crippen LogP contribution >= 0.6 is 0 Å². The topological polar surface area (TPSA) is 63.7 Å². The van der Waals surface area contributed by atoms with Gasteiger partial charge in [0.05, 0.1) is 30.2 Å². The zero-order chi connectivity index (χ0) is 16.1. The second-order valence-electron chi connectivity index (χ2n) is 6.40. The lowest BCUT2D eigenvalue weighted by atomic mass is 9.63. The number of nitrogens with zero attached hydrogens (tertiary/aromatic N) is 1. The van der Waals surface area contributed by atoms with Crippen molar-refractivity contribution >= 4 is 23.5 Å². The van der Waals surface area contributed by atoms with Crippen LogP contribution < -0.4 is 4.90 Å². The highest BCUT2D eigenvalue weighted by Gasteiger charge is 2.56. The summed E-state index contributed by atoms with van der Waals surface area (Å²) in [7, 11) is 1.30. The quantitative estimate of drug-likeness (QED) is 0.477. The Bertz CT molecular complexity index is 706. The summed E-state index contributed by atoms with van der Waals surface area (Å²) in [6.07, 6.45) is 6.12. The normalized spacial score (nSPS) is 31.4. The van der Waals surface area contributed by atoms with Gasteiger partial charge in [0, 0.05) is 0 Å². The van der Waals surface area contributed by atoms with Gasteiger partial charge < -0.3 is 4.74 Å². The molecule has 2 amide bonds. The lowest BCUT2D eigenvalue weighted by Gasteiger charge is -2.38. The number of hydrogen-bond donors (Lipinski definition) is 0. The van der Waals surface area contributed by atoms with Gasteiger partial charge in [0.15, 0.2) is 0 Å². The molecule has 118 valence electrons. The summed E-state index contributed by atoms with van der Waals surface area (Å²) >= 11 is 0. The number of anilines is 1. The van der Waals surface area contributed by atoms with Crippen molar-refractivity contribution in [2.45, 2.75) is 12.8 Å². The highest BCUT2D eigenvalue weighted by molar-refractivity contribution is 6.22. The van der Waals surface area contributed by atoms with Crippen LogP contribution in [0.1, 0.15) is 23.2 Å². The molecule has 5 nitrogen and oxygen atoms in total. The average molecular weight is 311 g/mol. The van der Waals surface area contributed by atoms with Crippen molar-refractivity contribution in [1.82, 2.24) is 0 Å². The number of esters is 1. The van der Waals surface area contributed by atoms with Crippen LogP contribution in [0.5, 0.6) is 0 Å². The fourth-order valence-electron chi connectivity index (χ4n) is 4.22. The van der Waals surface area contributed by atoms with E-state index >= 15 is 0 Å². The summed E-state index contributed by atoms with van der Waals surface area (Å²) in [5, 5.41) is 0. The molecular formula is C18H17NO4. The molecule has 2 bridgehead atoms. The maximum absolute atomic E-state index is 12.8. The number of amides is 2. The standard InChI is InChI=1S/C18H17NO4/c1-23-18(22)12-3-2-4-13(9-12)19-16(20)14-10-5-6-11(8-7-10)15(14)17(19)21/h2-6,9-11,14-15H,7-8H2,1H3/t10-,11-,14+,15+/m1/s1. The van der Waals surface area contributed by atoms with E-state index in [0.717, 1.165) is 12.8 Å². The van der Waals surface area contributed by atoms with E-state index in [-0.39, 0.29) is 35.5 Å². The number of methoxy groups -OCH3 is 1. The molecule has 3 aliphatic carbocycles. The molecule has 5 heteroatoms. The molecule has 1 aromatic rings. The number of allylic oxidation sites excluding steroid dienone is 2. The lowest BCUT2D eigenvalue weighted by molar-refractivity contribution is -0.124. The summed E-state index contributed by atoms with van der Waals surface area (Å²) in [4.78, 5) is 38.6. The molecular weight excluding hydrogens is 294 g/mol. The summed E-state index contributed by atoms with van der Waals surface area (Å²) in [6, 6.07) is 6.51. The number of ether oxygens (including phenoxy) is 1. The predicted octanol–water partition coefficient (Wildman–Crippen LogP) is 2.17. The molecule has 0 aromatic heterocycles. The van der Waals surface area contributed by atoms with Gasteiger partial charge in [-0.2, -0.15) is 0 Å². The average Bonchev–Trinajstić information content (AvgIpc) is 2.88. The van der Waals surface area contributed by atoms with E-state index in [4.69, 9.17) is 4.74 Å². The molecule has 1 aliphatic heterocycles. The Morgan fingerprint density at radius 1 is 1.09 bits per heavy atom. The Morgan fingerprint density at radius 3 is 2.22 bits per heavy atom. The zero-order valence-corrected chi connectivity index (χ0v) is 12.8. The van der Waals surface area contributed by atoms with Crippen molar-refractivity contribution in [2.75, 3.05) is 12.0 Å². The molecule has 1 aromatic carbocycles. The molecule has 1 saturated carbocycles. The van der Waals surface area contributed by atoms with E-state index in [2.05, 4.69) is 12.2 Å². The number of carbonyl (C=O) groups is 3. The van der Waals surface area contributed by atoms with Gasteiger partial charge in [0.1, 0.15) is 0 Å². The van der Waals surface area contributed by atoms with Crippen molar-refractivity contribution in [2.24, 2.45) is 23.7 Å². The first-order chi connectivity index (χ1) is 11.1. The molecule has 23 heavy (non-hydrogen) atoms. The zero-order valence-electron chi connectivity index (χ0n) is 12.8. The first kappa shape index (κ1) is 14.2. The van der Waals surface area contributed by atoms with E-state index in [1.54, 1.807) is 24.3 Å². The molecule has 4 aliphatic rings. The minimum Gasteiger partial charge on any atom is -0.465 e. The SMILES string of the molecule is COC(=O)c1cccc(N2C(=O)[C@@H]3[C@@H](C2=O)[C@@H]2C=C[C@@H]3CC2)c1. The third-order valence-electron chi connectivity index (χ3n) is 5.28. The molecule has 0 spiro atoms. The van der Waals surface area contributed by atoms with Crippen molar-refractivity contribution in [3.05, 3.63) is 42.0 Å². The monoisotopic (exact) mass is 311 g/mol. The number of hydrogen-bond acceptors (Lipinski definition) is 4. The van der Waals surface area contributed by atoms with Crippen LogP contribution in [-0.2, 0) is 14.3 Å². The highest BCUT2D eigenvalue weighted by atomic mass is 16.5. The van der Waals surface area contributed by atoms with Crippen LogP contribution in [-0.4, -0.2) is 24.9 Å². The van der Waals surface area contributed by atoms with Crippen LogP contribution in [0.15, 0.2) is 36.4 Å². The number of fused-ring (bicyclic) bond motifs is 1. The van der Waals surface area contributed by atoms with Crippen LogP contribution in [0.4, 0.5) is 5.69 Å². The van der Waals surface area contributed by atoms with Crippen molar-refractivity contribution < 1.29 is 19.1 Å². The summed E-state index contributed by atoms with van der Waals surface area (Å²) in [5.74, 6) is -0.918. The largest absolute Gasteiger partial charge is 0.465 e. The van der Waals surface area contributed by atoms with E-state index < -0.39 is 5.97 Å². The van der Waals surface area contributed by atoms with Crippen molar-refractivity contribution in [3.8, 4) is 0 Å². The van der Waals surface area contributed by atoms with Crippen LogP contribution in [0, 0.1) is 23.7 Å². The summed E-state index contributed by atoms with van der Waals surface area (Å²) in [5.41, 5.74) is 0.790. The highest BCUT2D eigenvalue weighted by Crippen LogP contribution is 2.50. The van der Waals surface area contributed by atoms with Gasteiger partial charge in [-0.3, -0.25) is 9.59 Å². The summed E-state index contributed by atoms with van der Waals surface area (Å²) in [6.45, 7) is 0. The van der Waals surface area contributed by atoms with E-state index in [0.29, 0.717) is 11.3 Å². The van der Waals surface area contributed by atoms with Crippen molar-refractivity contribution in [3.63, 3.8) is 0 Å². The number of benzene rings is 1. The maximum Gasteiger partial charge on any atom is 0.337 e. The van der Waals surface area contributed by atoms with Crippen molar-refractivity contribution in [1.29, 1.82) is 0 Å². The van der Waals surface area contributed by atoms with Gasteiger partial charge in [0.25, 0.3) is 0 Å². The van der Waals surface area contributed by atoms with Gasteiger partial charge in [0.2, 0.25) is 11.8 Å². The lowest BCUT2D eigenvalue weighted by Crippen LogP contribution is -2.38. The molecule has 5 rings (SSSR count).